The Labute approximate surface area is 231 Å². The van der Waals surface area contributed by atoms with Gasteiger partial charge in [0.05, 0.1) is 22.7 Å². The van der Waals surface area contributed by atoms with Crippen molar-refractivity contribution >= 4 is 22.0 Å². The van der Waals surface area contributed by atoms with Crippen LogP contribution in [0.25, 0.3) is 11.3 Å². The quantitative estimate of drug-likeness (QED) is 0.502. The van der Waals surface area contributed by atoms with Crippen molar-refractivity contribution in [1.82, 2.24) is 18.8 Å². The molecule has 2 fully saturated rings. The van der Waals surface area contributed by atoms with Crippen LogP contribution >= 0.6 is 0 Å². The lowest BCUT2D eigenvalue weighted by Crippen LogP contribution is -2.57. The van der Waals surface area contributed by atoms with E-state index in [4.69, 9.17) is 24.8 Å². The Kier molecular flexibility index (Phi) is 9.44. The molecule has 228 valence electrons. The Hall–Kier alpha value is -3.18. The highest BCUT2D eigenvalue weighted by Gasteiger charge is 2.49. The molecule has 3 aliphatic rings. The van der Waals surface area contributed by atoms with Gasteiger partial charge in [-0.05, 0) is 38.3 Å². The highest BCUT2D eigenvalue weighted by molar-refractivity contribution is 7.90. The molecule has 1 spiro atoms. The number of imidazole rings is 1. The van der Waals surface area contributed by atoms with E-state index in [0.717, 1.165) is 50.3 Å². The van der Waals surface area contributed by atoms with Crippen molar-refractivity contribution in [3.63, 3.8) is 0 Å². The smallest absolute Gasteiger partial charge is 0.475 e. The van der Waals surface area contributed by atoms with Crippen molar-refractivity contribution in [3.05, 3.63) is 42.4 Å². The summed E-state index contributed by atoms with van der Waals surface area (Å²) < 4.78 is 92.8. The standard InChI is InChI=1S/C20H26N4O2S.2C2HF3O2/c1-22-13-14-24-18(16-5-3-2-4-6-16)15-21-19(24)20(22)9-11-23(12-10-20)27(25,26)17-7-8-17;2*3-2(4,5)1(6)7/h2-6,15,17H,7-14H2,1H3;2*(H,6,7). The van der Waals surface area contributed by atoms with Crippen molar-refractivity contribution in [1.29, 1.82) is 0 Å². The van der Waals surface area contributed by atoms with Gasteiger partial charge in [0.25, 0.3) is 0 Å². The van der Waals surface area contributed by atoms with Gasteiger partial charge in [0.15, 0.2) is 0 Å². The van der Waals surface area contributed by atoms with E-state index in [9.17, 15) is 34.8 Å². The van der Waals surface area contributed by atoms with Crippen molar-refractivity contribution < 1.29 is 54.6 Å². The molecule has 3 heterocycles. The van der Waals surface area contributed by atoms with Gasteiger partial charge in [-0.25, -0.2) is 27.3 Å². The Morgan fingerprint density at radius 2 is 1.39 bits per heavy atom. The zero-order chi connectivity index (χ0) is 30.8. The minimum atomic E-state index is -5.08. The van der Waals surface area contributed by atoms with Gasteiger partial charge in [0, 0.05) is 26.2 Å². The summed E-state index contributed by atoms with van der Waals surface area (Å²) in [5.41, 5.74) is 2.18. The van der Waals surface area contributed by atoms with E-state index in [0.29, 0.717) is 13.1 Å². The number of alkyl halides is 6. The maximum Gasteiger partial charge on any atom is 0.490 e. The van der Waals surface area contributed by atoms with Gasteiger partial charge >= 0.3 is 24.3 Å². The number of likely N-dealkylation sites (N-methyl/N-ethyl adjacent to an activating group) is 1. The van der Waals surface area contributed by atoms with E-state index in [2.05, 4.69) is 40.8 Å². The van der Waals surface area contributed by atoms with Gasteiger partial charge in [0.1, 0.15) is 5.82 Å². The molecule has 1 saturated carbocycles. The number of halogens is 6. The second-order valence-electron chi connectivity index (χ2n) is 9.69. The molecular weight excluding hydrogens is 586 g/mol. The Balaban J connectivity index is 0.000000276. The number of piperidine rings is 1. The number of aromatic nitrogens is 2. The van der Waals surface area contributed by atoms with Gasteiger partial charge in [-0.15, -0.1) is 0 Å². The maximum absolute atomic E-state index is 12.6. The maximum atomic E-state index is 12.6. The summed E-state index contributed by atoms with van der Waals surface area (Å²) in [6, 6.07) is 10.4. The molecule has 0 amide bonds. The van der Waals surface area contributed by atoms with Crippen molar-refractivity contribution in [2.45, 2.75) is 55.4 Å². The minimum Gasteiger partial charge on any atom is -0.475 e. The largest absolute Gasteiger partial charge is 0.490 e. The number of carboxylic acid groups (broad SMARTS) is 2. The van der Waals surface area contributed by atoms with Gasteiger partial charge < -0.3 is 14.8 Å². The van der Waals surface area contributed by atoms with Crippen molar-refractivity contribution in [2.24, 2.45) is 0 Å². The first-order valence-electron chi connectivity index (χ1n) is 12.3. The van der Waals surface area contributed by atoms with Crippen LogP contribution in [0.1, 0.15) is 31.5 Å². The Bertz CT molecular complexity index is 1310. The average Bonchev–Trinajstić information content (AvgIpc) is 3.67. The Morgan fingerprint density at radius 1 is 0.902 bits per heavy atom. The van der Waals surface area contributed by atoms with Crippen LogP contribution in [0.5, 0.6) is 0 Å². The normalized spacial score (nSPS) is 19.3. The van der Waals surface area contributed by atoms with Crippen LogP contribution in [0.3, 0.4) is 0 Å². The number of sulfonamides is 1. The minimum absolute atomic E-state index is 0.123. The van der Waals surface area contributed by atoms with E-state index in [1.165, 1.54) is 5.56 Å². The second kappa shape index (κ2) is 12.0. The number of carbonyl (C=O) groups is 2. The summed E-state index contributed by atoms with van der Waals surface area (Å²) in [4.78, 5) is 25.0. The summed E-state index contributed by atoms with van der Waals surface area (Å²) in [5, 5.41) is 14.1. The number of fused-ring (bicyclic) bond motifs is 2. The molecule has 17 heteroatoms. The molecular formula is C24H28F6N4O6S. The first-order valence-corrected chi connectivity index (χ1v) is 13.8. The molecule has 0 radical (unpaired) electrons. The van der Waals surface area contributed by atoms with Crippen LogP contribution in [0.2, 0.25) is 0 Å². The van der Waals surface area contributed by atoms with E-state index in [1.54, 1.807) is 4.31 Å². The lowest BCUT2D eigenvalue weighted by atomic mass is 9.84. The van der Waals surface area contributed by atoms with E-state index < -0.39 is 34.3 Å². The Morgan fingerprint density at radius 3 is 1.83 bits per heavy atom. The van der Waals surface area contributed by atoms with Crippen LogP contribution in [0, 0.1) is 0 Å². The number of hydrogen-bond donors (Lipinski definition) is 2. The second-order valence-corrected chi connectivity index (χ2v) is 11.9. The number of aliphatic carboxylic acids is 2. The molecule has 2 aliphatic heterocycles. The number of benzene rings is 1. The third kappa shape index (κ3) is 7.37. The highest BCUT2D eigenvalue weighted by Crippen LogP contribution is 2.43. The first kappa shape index (κ1) is 32.3. The van der Waals surface area contributed by atoms with Crippen LogP contribution in [0.15, 0.2) is 36.5 Å². The summed E-state index contributed by atoms with van der Waals surface area (Å²) in [5.74, 6) is -4.42. The monoisotopic (exact) mass is 614 g/mol. The van der Waals surface area contributed by atoms with Crippen LogP contribution in [-0.4, -0.2) is 93.6 Å². The molecule has 1 saturated heterocycles. The number of nitrogens with zero attached hydrogens (tertiary/aromatic N) is 4. The molecule has 41 heavy (non-hydrogen) atoms. The average molecular weight is 615 g/mol. The van der Waals surface area contributed by atoms with Crippen LogP contribution in [0.4, 0.5) is 26.3 Å². The molecule has 1 aromatic carbocycles. The summed E-state index contributed by atoms with van der Waals surface area (Å²) in [6.07, 6.45) is -4.91. The fraction of sp³-hybridized carbons (Fsp3) is 0.542. The van der Waals surface area contributed by atoms with Gasteiger partial charge in [0.2, 0.25) is 10.0 Å². The molecule has 1 aromatic heterocycles. The summed E-state index contributed by atoms with van der Waals surface area (Å²) >= 11 is 0. The zero-order valence-corrected chi connectivity index (χ0v) is 22.5. The van der Waals surface area contributed by atoms with Crippen molar-refractivity contribution in [3.8, 4) is 11.3 Å². The first-order chi connectivity index (χ1) is 18.9. The van der Waals surface area contributed by atoms with E-state index in [1.807, 2.05) is 12.3 Å². The van der Waals surface area contributed by atoms with E-state index in [-0.39, 0.29) is 10.8 Å². The molecule has 0 bridgehead atoms. The van der Waals surface area contributed by atoms with Crippen LogP contribution < -0.4 is 0 Å². The van der Waals surface area contributed by atoms with Gasteiger partial charge in [-0.2, -0.15) is 26.3 Å². The molecule has 0 atom stereocenters. The lowest BCUT2D eigenvalue weighted by Gasteiger charge is -2.49. The molecule has 2 N–H and O–H groups in total. The zero-order valence-electron chi connectivity index (χ0n) is 21.7. The van der Waals surface area contributed by atoms with Gasteiger partial charge in [-0.3, -0.25) is 4.90 Å². The number of carboxylic acids is 2. The van der Waals surface area contributed by atoms with E-state index >= 15 is 0 Å². The molecule has 5 rings (SSSR count). The third-order valence-electron chi connectivity index (χ3n) is 7.07. The number of hydrogen-bond acceptors (Lipinski definition) is 6. The fourth-order valence-corrected chi connectivity index (χ4v) is 6.59. The molecule has 10 nitrogen and oxygen atoms in total. The third-order valence-corrected chi connectivity index (χ3v) is 9.47. The number of rotatable bonds is 3. The summed E-state index contributed by atoms with van der Waals surface area (Å²) in [7, 11) is -0.931. The molecule has 0 unspecified atom stereocenters. The SMILES string of the molecule is CN1CCn2c(-c3ccccc3)cnc2C12CCN(S(=O)(=O)C1CC1)CC2.O=C(O)C(F)(F)F.O=C(O)C(F)(F)F. The van der Waals surface area contributed by atoms with Crippen LogP contribution in [-0.2, 0) is 31.7 Å². The van der Waals surface area contributed by atoms with Gasteiger partial charge in [-0.1, -0.05) is 30.3 Å². The predicted octanol–water partition coefficient (Wildman–Crippen LogP) is 3.55. The topological polar surface area (TPSA) is 133 Å². The fourth-order valence-electron chi connectivity index (χ4n) is 4.74. The lowest BCUT2D eigenvalue weighted by molar-refractivity contribution is -0.193. The molecule has 2 aromatic rings. The summed E-state index contributed by atoms with van der Waals surface area (Å²) in [6.45, 7) is 3.06. The predicted molar refractivity (Wildman–Crippen MR) is 132 cm³/mol. The highest BCUT2D eigenvalue weighted by atomic mass is 32.2. The van der Waals surface area contributed by atoms with Crippen molar-refractivity contribution in [2.75, 3.05) is 26.7 Å². The molecule has 1 aliphatic carbocycles.